The highest BCUT2D eigenvalue weighted by Gasteiger charge is 2.34. The molecule has 18 heavy (non-hydrogen) atoms. The van der Waals surface area contributed by atoms with E-state index >= 15 is 0 Å². The molecule has 0 unspecified atom stereocenters. The largest absolute Gasteiger partial charge is 0.465 e. The Balaban J connectivity index is 2.67. The predicted molar refractivity (Wildman–Crippen MR) is 56.6 cm³/mol. The van der Waals surface area contributed by atoms with Crippen molar-refractivity contribution < 1.29 is 22.7 Å². The van der Waals surface area contributed by atoms with Crippen LogP contribution in [0.3, 0.4) is 0 Å². The van der Waals surface area contributed by atoms with Crippen molar-refractivity contribution in [3.63, 3.8) is 0 Å². The van der Waals surface area contributed by atoms with Gasteiger partial charge in [-0.05, 0) is 6.07 Å². The van der Waals surface area contributed by atoms with Crippen molar-refractivity contribution in [2.24, 2.45) is 0 Å². The number of thiophene rings is 1. The Labute approximate surface area is 101 Å². The average molecular weight is 278 g/mol. The molecule has 0 saturated carbocycles. The lowest BCUT2D eigenvalue weighted by atomic mass is 10.3. The summed E-state index contributed by atoms with van der Waals surface area (Å²) in [5.41, 5.74) is -0.946. The van der Waals surface area contributed by atoms with Crippen LogP contribution in [0.15, 0.2) is 10.9 Å². The van der Waals surface area contributed by atoms with Crippen LogP contribution >= 0.6 is 11.3 Å². The lowest BCUT2D eigenvalue weighted by molar-refractivity contribution is -0.144. The van der Waals surface area contributed by atoms with Crippen molar-refractivity contribution >= 4 is 27.5 Å². The molecule has 2 rings (SSSR count). The van der Waals surface area contributed by atoms with E-state index in [1.807, 2.05) is 0 Å². The van der Waals surface area contributed by atoms with E-state index in [0.717, 1.165) is 13.2 Å². The lowest BCUT2D eigenvalue weighted by Crippen LogP contribution is -2.18. The Bertz CT molecular complexity index is 674. The number of fused-ring (bicyclic) bond motifs is 1. The van der Waals surface area contributed by atoms with Gasteiger partial charge in [-0.1, -0.05) is 0 Å². The molecule has 96 valence electrons. The van der Waals surface area contributed by atoms with Gasteiger partial charge >= 0.3 is 12.1 Å². The van der Waals surface area contributed by atoms with Gasteiger partial charge in [0.25, 0.3) is 5.56 Å². The molecule has 0 fully saturated rings. The van der Waals surface area contributed by atoms with E-state index in [9.17, 15) is 22.8 Å². The summed E-state index contributed by atoms with van der Waals surface area (Å²) in [4.78, 5) is 27.4. The van der Waals surface area contributed by atoms with Crippen molar-refractivity contribution in [3.8, 4) is 0 Å². The van der Waals surface area contributed by atoms with Gasteiger partial charge in [0.05, 0.1) is 12.5 Å². The van der Waals surface area contributed by atoms with E-state index < -0.39 is 23.5 Å². The fourth-order valence-electron chi connectivity index (χ4n) is 1.27. The number of rotatable bonds is 1. The van der Waals surface area contributed by atoms with Crippen LogP contribution in [0.5, 0.6) is 0 Å². The second-order valence-electron chi connectivity index (χ2n) is 3.23. The number of aromatic nitrogens is 2. The molecule has 2 heterocycles. The van der Waals surface area contributed by atoms with Gasteiger partial charge in [0.2, 0.25) is 5.82 Å². The number of carbonyl (C=O) groups is 1. The van der Waals surface area contributed by atoms with E-state index in [2.05, 4.69) is 9.72 Å². The normalized spacial score (nSPS) is 11.8. The number of esters is 1. The summed E-state index contributed by atoms with van der Waals surface area (Å²) in [5, 5.41) is -0.0756. The monoisotopic (exact) mass is 278 g/mol. The van der Waals surface area contributed by atoms with Crippen LogP contribution in [0.4, 0.5) is 13.2 Å². The third-order valence-corrected chi connectivity index (χ3v) is 3.07. The zero-order chi connectivity index (χ0) is 13.5. The van der Waals surface area contributed by atoms with Gasteiger partial charge in [-0.2, -0.15) is 13.2 Å². The minimum Gasteiger partial charge on any atom is -0.465 e. The van der Waals surface area contributed by atoms with Crippen LogP contribution in [0.2, 0.25) is 0 Å². The molecule has 0 atom stereocenters. The second-order valence-corrected chi connectivity index (χ2v) is 4.26. The highest BCUT2D eigenvalue weighted by molar-refractivity contribution is 7.20. The topological polar surface area (TPSA) is 72.1 Å². The first-order valence-corrected chi connectivity index (χ1v) is 5.34. The summed E-state index contributed by atoms with van der Waals surface area (Å²) in [6.45, 7) is 0. The summed E-state index contributed by atoms with van der Waals surface area (Å²) >= 11 is 0.669. The number of hydrogen-bond acceptors (Lipinski definition) is 5. The molecule has 0 bridgehead atoms. The number of nitrogens with one attached hydrogen (secondary N) is 1. The molecular formula is C9H5F3N2O3S. The molecule has 0 aliphatic rings. The maximum atomic E-state index is 12.4. The van der Waals surface area contributed by atoms with E-state index in [1.165, 1.54) is 0 Å². The van der Waals surface area contributed by atoms with Crippen LogP contribution in [-0.4, -0.2) is 23.0 Å². The molecule has 0 amide bonds. The molecule has 0 aliphatic carbocycles. The molecule has 9 heteroatoms. The maximum Gasteiger partial charge on any atom is 0.449 e. The smallest absolute Gasteiger partial charge is 0.449 e. The van der Waals surface area contributed by atoms with Crippen molar-refractivity contribution in [1.29, 1.82) is 0 Å². The van der Waals surface area contributed by atoms with E-state index in [4.69, 9.17) is 0 Å². The molecule has 0 radical (unpaired) electrons. The number of hydrogen-bond donors (Lipinski definition) is 1. The van der Waals surface area contributed by atoms with E-state index in [1.54, 1.807) is 4.98 Å². The first kappa shape index (κ1) is 12.6. The third kappa shape index (κ3) is 2.08. The highest BCUT2D eigenvalue weighted by atomic mass is 32.1. The van der Waals surface area contributed by atoms with Gasteiger partial charge in [-0.15, -0.1) is 11.3 Å². The molecule has 0 spiro atoms. The van der Waals surface area contributed by atoms with Crippen LogP contribution in [0, 0.1) is 0 Å². The van der Waals surface area contributed by atoms with E-state index in [-0.39, 0.29) is 15.1 Å². The average Bonchev–Trinajstić information content (AvgIpc) is 2.71. The first-order valence-electron chi connectivity index (χ1n) is 4.52. The van der Waals surface area contributed by atoms with Crippen LogP contribution in [-0.2, 0) is 10.9 Å². The van der Waals surface area contributed by atoms with Crippen LogP contribution < -0.4 is 5.56 Å². The van der Waals surface area contributed by atoms with Crippen LogP contribution in [0.1, 0.15) is 15.5 Å². The SMILES string of the molecule is COC(=O)c1cc2c(=O)[nH]c(C(F)(F)F)nc2s1. The molecule has 0 saturated heterocycles. The third-order valence-electron chi connectivity index (χ3n) is 2.06. The van der Waals surface area contributed by atoms with Gasteiger partial charge in [-0.25, -0.2) is 9.78 Å². The minimum absolute atomic E-state index is 0.0184. The van der Waals surface area contributed by atoms with E-state index in [0.29, 0.717) is 11.3 Å². The van der Waals surface area contributed by atoms with Gasteiger partial charge < -0.3 is 9.72 Å². The van der Waals surface area contributed by atoms with Gasteiger partial charge in [0.1, 0.15) is 9.71 Å². The summed E-state index contributed by atoms with van der Waals surface area (Å²) < 4.78 is 41.6. The quantitative estimate of drug-likeness (QED) is 0.807. The van der Waals surface area contributed by atoms with Gasteiger partial charge in [0, 0.05) is 0 Å². The maximum absolute atomic E-state index is 12.4. The Kier molecular flexibility index (Phi) is 2.85. The van der Waals surface area contributed by atoms with Crippen molar-refractivity contribution in [3.05, 3.63) is 27.1 Å². The summed E-state index contributed by atoms with van der Waals surface area (Å²) in [6.07, 6.45) is -4.75. The Morgan fingerprint density at radius 1 is 1.50 bits per heavy atom. The number of alkyl halides is 3. The molecule has 2 aromatic heterocycles. The Hall–Kier alpha value is -1.90. The minimum atomic E-state index is -4.75. The fourth-order valence-corrected chi connectivity index (χ4v) is 2.22. The molecule has 5 nitrogen and oxygen atoms in total. The summed E-state index contributed by atoms with van der Waals surface area (Å²) in [5.74, 6) is -2.12. The molecule has 1 N–H and O–H groups in total. The predicted octanol–water partition coefficient (Wildman–Crippen LogP) is 1.79. The zero-order valence-corrected chi connectivity index (χ0v) is 9.61. The lowest BCUT2D eigenvalue weighted by Gasteiger charge is -2.03. The number of carbonyl (C=O) groups excluding carboxylic acids is 1. The molecule has 2 aromatic rings. The van der Waals surface area contributed by atoms with Gasteiger partial charge in [-0.3, -0.25) is 4.79 Å². The number of ether oxygens (including phenoxy) is 1. The number of halogens is 3. The summed E-state index contributed by atoms with van der Waals surface area (Å²) in [7, 11) is 1.13. The zero-order valence-electron chi connectivity index (χ0n) is 8.79. The van der Waals surface area contributed by atoms with Crippen molar-refractivity contribution in [2.75, 3.05) is 7.11 Å². The standard InChI is InChI=1S/C9H5F3N2O3S/c1-17-7(16)4-2-3-5(15)13-8(9(10,11)12)14-6(3)18-4/h2H,1H3,(H,13,14,15). The Morgan fingerprint density at radius 3 is 2.72 bits per heavy atom. The number of H-pyrrole nitrogens is 1. The number of nitrogens with zero attached hydrogens (tertiary/aromatic N) is 1. The molecule has 0 aliphatic heterocycles. The molecule has 0 aromatic carbocycles. The number of aromatic amines is 1. The van der Waals surface area contributed by atoms with Crippen molar-refractivity contribution in [2.45, 2.75) is 6.18 Å². The summed E-state index contributed by atoms with van der Waals surface area (Å²) in [6, 6.07) is 1.15. The van der Waals surface area contributed by atoms with Crippen LogP contribution in [0.25, 0.3) is 10.2 Å². The molecular weight excluding hydrogens is 273 g/mol. The fraction of sp³-hybridized carbons (Fsp3) is 0.222. The first-order chi connectivity index (χ1) is 8.32. The number of methoxy groups -OCH3 is 1. The second kappa shape index (κ2) is 4.09. The van der Waals surface area contributed by atoms with Gasteiger partial charge in [0.15, 0.2) is 0 Å². The van der Waals surface area contributed by atoms with Crippen molar-refractivity contribution in [1.82, 2.24) is 9.97 Å². The Morgan fingerprint density at radius 2 is 2.17 bits per heavy atom. The highest BCUT2D eigenvalue weighted by Crippen LogP contribution is 2.28.